The zero-order chi connectivity index (χ0) is 15.4. The summed E-state index contributed by atoms with van der Waals surface area (Å²) < 4.78 is 19.0. The van der Waals surface area contributed by atoms with Gasteiger partial charge in [0.25, 0.3) is 0 Å². The predicted octanol–water partition coefficient (Wildman–Crippen LogP) is 3.13. The van der Waals surface area contributed by atoms with Crippen molar-refractivity contribution in [2.24, 2.45) is 0 Å². The number of halogens is 1. The van der Waals surface area contributed by atoms with Gasteiger partial charge in [-0.3, -0.25) is 0 Å². The number of methoxy groups -OCH3 is 1. The van der Waals surface area contributed by atoms with Crippen LogP contribution in [0.15, 0.2) is 18.2 Å². The van der Waals surface area contributed by atoms with Crippen LogP contribution in [0, 0.1) is 12.7 Å². The average Bonchev–Trinajstić information content (AvgIpc) is 2.49. The zero-order valence-corrected chi connectivity index (χ0v) is 12.3. The molecule has 5 nitrogen and oxygen atoms in total. The fraction of sp³-hybridized carbons (Fsp3) is 0.333. The molecule has 0 aliphatic heterocycles. The quantitative estimate of drug-likeness (QED) is 0.886. The molecular formula is C15H18FN3O2. The number of nitrogens with zero attached hydrogens (tertiary/aromatic N) is 2. The molecule has 0 saturated carbocycles. The number of benzene rings is 1. The Labute approximate surface area is 122 Å². The van der Waals surface area contributed by atoms with Crippen LogP contribution in [-0.4, -0.2) is 28.7 Å². The van der Waals surface area contributed by atoms with E-state index in [0.717, 1.165) is 6.42 Å². The highest BCUT2D eigenvalue weighted by atomic mass is 19.1. The lowest BCUT2D eigenvalue weighted by Crippen LogP contribution is -2.08. The fourth-order valence-corrected chi connectivity index (χ4v) is 1.87. The van der Waals surface area contributed by atoms with Crippen molar-refractivity contribution in [3.63, 3.8) is 0 Å². The molecule has 0 bridgehead atoms. The van der Waals surface area contributed by atoms with Crippen molar-refractivity contribution in [3.05, 3.63) is 29.7 Å². The number of phenols is 1. The molecule has 0 spiro atoms. The Morgan fingerprint density at radius 2 is 2.10 bits per heavy atom. The van der Waals surface area contributed by atoms with E-state index < -0.39 is 5.82 Å². The standard InChI is InChI=1S/C15H18FN3O2/c1-4-7-17-15-13(16)9(2)18-14(19-15)10-5-6-11(20)12(8-10)21-3/h5-6,8,20H,4,7H2,1-3H3,(H,17,18,19). The smallest absolute Gasteiger partial charge is 0.186 e. The highest BCUT2D eigenvalue weighted by molar-refractivity contribution is 5.62. The number of hydrogen-bond donors (Lipinski definition) is 2. The van der Waals surface area contributed by atoms with E-state index >= 15 is 0 Å². The second-order valence-corrected chi connectivity index (χ2v) is 4.61. The van der Waals surface area contributed by atoms with Crippen LogP contribution in [-0.2, 0) is 0 Å². The molecule has 2 N–H and O–H groups in total. The summed E-state index contributed by atoms with van der Waals surface area (Å²) in [6, 6.07) is 4.77. The monoisotopic (exact) mass is 291 g/mol. The molecule has 0 amide bonds. The summed E-state index contributed by atoms with van der Waals surface area (Å²) in [5, 5.41) is 12.6. The molecule has 2 aromatic rings. The summed E-state index contributed by atoms with van der Waals surface area (Å²) in [5.41, 5.74) is 0.915. The lowest BCUT2D eigenvalue weighted by molar-refractivity contribution is 0.373. The third-order valence-electron chi connectivity index (χ3n) is 3.00. The summed E-state index contributed by atoms with van der Waals surface area (Å²) in [6.07, 6.45) is 0.866. The van der Waals surface area contributed by atoms with E-state index in [9.17, 15) is 9.50 Å². The first kappa shape index (κ1) is 15.0. The second kappa shape index (κ2) is 6.39. The van der Waals surface area contributed by atoms with Crippen molar-refractivity contribution < 1.29 is 14.2 Å². The Bertz CT molecular complexity index is 647. The van der Waals surface area contributed by atoms with Gasteiger partial charge in [-0.25, -0.2) is 14.4 Å². The van der Waals surface area contributed by atoms with Crippen molar-refractivity contribution in [1.82, 2.24) is 9.97 Å². The number of aromatic hydroxyl groups is 1. The summed E-state index contributed by atoms with van der Waals surface area (Å²) in [7, 11) is 1.46. The summed E-state index contributed by atoms with van der Waals surface area (Å²) in [6.45, 7) is 4.21. The summed E-state index contributed by atoms with van der Waals surface area (Å²) in [4.78, 5) is 8.37. The van der Waals surface area contributed by atoms with Crippen LogP contribution in [0.3, 0.4) is 0 Å². The molecule has 6 heteroatoms. The van der Waals surface area contributed by atoms with Gasteiger partial charge in [0.2, 0.25) is 0 Å². The number of rotatable bonds is 5. The number of aromatic nitrogens is 2. The molecule has 1 aromatic heterocycles. The third kappa shape index (κ3) is 3.21. The van der Waals surface area contributed by atoms with E-state index in [2.05, 4.69) is 15.3 Å². The van der Waals surface area contributed by atoms with Crippen molar-refractivity contribution in [1.29, 1.82) is 0 Å². The van der Waals surface area contributed by atoms with Crippen molar-refractivity contribution in [2.75, 3.05) is 19.0 Å². The van der Waals surface area contributed by atoms with Gasteiger partial charge >= 0.3 is 0 Å². The van der Waals surface area contributed by atoms with E-state index in [1.807, 2.05) is 6.92 Å². The summed E-state index contributed by atoms with van der Waals surface area (Å²) >= 11 is 0. The third-order valence-corrected chi connectivity index (χ3v) is 3.00. The fourth-order valence-electron chi connectivity index (χ4n) is 1.87. The van der Waals surface area contributed by atoms with Gasteiger partial charge in [-0.15, -0.1) is 0 Å². The largest absolute Gasteiger partial charge is 0.504 e. The molecule has 0 aliphatic carbocycles. The molecule has 112 valence electrons. The zero-order valence-electron chi connectivity index (χ0n) is 12.3. The molecule has 0 radical (unpaired) electrons. The maximum absolute atomic E-state index is 14.0. The minimum atomic E-state index is -0.446. The van der Waals surface area contributed by atoms with E-state index in [-0.39, 0.29) is 17.3 Å². The van der Waals surface area contributed by atoms with Crippen LogP contribution < -0.4 is 10.1 Å². The van der Waals surface area contributed by atoms with Gasteiger partial charge < -0.3 is 15.2 Å². The lowest BCUT2D eigenvalue weighted by atomic mass is 10.2. The Kier molecular flexibility index (Phi) is 4.57. The molecule has 1 aromatic carbocycles. The SMILES string of the molecule is CCCNc1nc(-c2ccc(O)c(OC)c2)nc(C)c1F. The Hall–Kier alpha value is -2.37. The molecule has 2 rings (SSSR count). The number of anilines is 1. The van der Waals surface area contributed by atoms with Crippen molar-refractivity contribution >= 4 is 5.82 Å². The molecule has 1 heterocycles. The van der Waals surface area contributed by atoms with Crippen LogP contribution in [0.25, 0.3) is 11.4 Å². The number of phenolic OH excluding ortho intramolecular Hbond substituents is 1. The van der Waals surface area contributed by atoms with Gasteiger partial charge in [-0.1, -0.05) is 6.92 Å². The van der Waals surface area contributed by atoms with E-state index in [1.165, 1.54) is 13.2 Å². The number of hydrogen-bond acceptors (Lipinski definition) is 5. The Morgan fingerprint density at radius 1 is 1.33 bits per heavy atom. The number of nitrogens with one attached hydrogen (secondary N) is 1. The molecule has 21 heavy (non-hydrogen) atoms. The minimum Gasteiger partial charge on any atom is -0.504 e. The number of aryl methyl sites for hydroxylation is 1. The van der Waals surface area contributed by atoms with Gasteiger partial charge in [0.15, 0.2) is 29.0 Å². The number of ether oxygens (including phenoxy) is 1. The highest BCUT2D eigenvalue weighted by Crippen LogP contribution is 2.31. The van der Waals surface area contributed by atoms with Crippen LogP contribution in [0.4, 0.5) is 10.2 Å². The van der Waals surface area contributed by atoms with Gasteiger partial charge in [0.1, 0.15) is 0 Å². The first-order valence-electron chi connectivity index (χ1n) is 6.72. The molecular weight excluding hydrogens is 273 g/mol. The van der Waals surface area contributed by atoms with Crippen LogP contribution in [0.5, 0.6) is 11.5 Å². The maximum Gasteiger partial charge on any atom is 0.186 e. The molecule has 0 saturated heterocycles. The van der Waals surface area contributed by atoms with Gasteiger partial charge in [-0.05, 0) is 31.5 Å². The summed E-state index contributed by atoms with van der Waals surface area (Å²) in [5.74, 6) is 0.473. The Morgan fingerprint density at radius 3 is 2.76 bits per heavy atom. The van der Waals surface area contributed by atoms with Crippen molar-refractivity contribution in [3.8, 4) is 22.9 Å². The minimum absolute atomic E-state index is 0.0319. The van der Waals surface area contributed by atoms with Gasteiger partial charge in [0, 0.05) is 12.1 Å². The normalized spacial score (nSPS) is 10.5. The van der Waals surface area contributed by atoms with E-state index in [1.54, 1.807) is 19.1 Å². The molecule has 0 fully saturated rings. The molecule has 0 aliphatic rings. The molecule has 0 unspecified atom stereocenters. The van der Waals surface area contributed by atoms with E-state index in [4.69, 9.17) is 4.74 Å². The van der Waals surface area contributed by atoms with E-state index in [0.29, 0.717) is 23.7 Å². The predicted molar refractivity (Wildman–Crippen MR) is 79.2 cm³/mol. The first-order chi connectivity index (χ1) is 10.1. The second-order valence-electron chi connectivity index (χ2n) is 4.61. The topological polar surface area (TPSA) is 67.3 Å². The van der Waals surface area contributed by atoms with Crippen LogP contribution in [0.2, 0.25) is 0 Å². The average molecular weight is 291 g/mol. The van der Waals surface area contributed by atoms with Crippen LogP contribution in [0.1, 0.15) is 19.0 Å². The van der Waals surface area contributed by atoms with Crippen LogP contribution >= 0.6 is 0 Å². The van der Waals surface area contributed by atoms with Crippen molar-refractivity contribution in [2.45, 2.75) is 20.3 Å². The van der Waals surface area contributed by atoms with Gasteiger partial charge in [-0.2, -0.15) is 0 Å². The highest BCUT2D eigenvalue weighted by Gasteiger charge is 2.13. The molecule has 0 atom stereocenters. The van der Waals surface area contributed by atoms with Gasteiger partial charge in [0.05, 0.1) is 12.8 Å². The lowest BCUT2D eigenvalue weighted by Gasteiger charge is -2.10. The first-order valence-corrected chi connectivity index (χ1v) is 6.72. The maximum atomic E-state index is 14.0. The Balaban J connectivity index is 2.46.